The van der Waals surface area contributed by atoms with Gasteiger partial charge in [-0.2, -0.15) is 0 Å². The van der Waals surface area contributed by atoms with Crippen molar-refractivity contribution >= 4 is 29.8 Å². The van der Waals surface area contributed by atoms with Crippen LogP contribution in [-0.4, -0.2) is 151 Å². The summed E-state index contributed by atoms with van der Waals surface area (Å²) < 4.78 is 10.1. The molecule has 13 nitrogen and oxygen atoms in total. The van der Waals surface area contributed by atoms with E-state index in [-0.39, 0.29) is 29.4 Å². The van der Waals surface area contributed by atoms with Crippen molar-refractivity contribution in [3.63, 3.8) is 0 Å². The van der Waals surface area contributed by atoms with Crippen LogP contribution in [0.3, 0.4) is 0 Å². The lowest BCUT2D eigenvalue weighted by atomic mass is 9.64. The van der Waals surface area contributed by atoms with Crippen LogP contribution < -0.4 is 5.32 Å². The molecule has 2 aliphatic carbocycles. The first-order chi connectivity index (χ1) is 27.3. The van der Waals surface area contributed by atoms with Gasteiger partial charge >= 0.3 is 12.2 Å². The number of ether oxygens (including phenoxy) is 2. The van der Waals surface area contributed by atoms with E-state index in [4.69, 9.17) is 9.47 Å². The predicted octanol–water partition coefficient (Wildman–Crippen LogP) is 6.19. The number of piperidine rings is 2. The van der Waals surface area contributed by atoms with Crippen LogP contribution in [0.25, 0.3) is 0 Å². The van der Waals surface area contributed by atoms with Gasteiger partial charge in [0.1, 0.15) is 5.78 Å². The summed E-state index contributed by atoms with van der Waals surface area (Å²) in [5.41, 5.74) is 0.456. The summed E-state index contributed by atoms with van der Waals surface area (Å²) in [5, 5.41) is 3.38. The molecule has 2 atom stereocenters. The van der Waals surface area contributed by atoms with Gasteiger partial charge in [-0.25, -0.2) is 9.59 Å². The molecule has 0 aromatic carbocycles. The first kappa shape index (κ1) is 46.8. The molecular formula is C44H78N6O7. The Labute approximate surface area is 344 Å². The van der Waals surface area contributed by atoms with Crippen LogP contribution in [0.4, 0.5) is 9.59 Å². The highest BCUT2D eigenvalue weighted by molar-refractivity contribution is 5.86. The lowest BCUT2D eigenvalue weighted by molar-refractivity contribution is -0.133. The Morgan fingerprint density at radius 3 is 1.53 bits per heavy atom. The van der Waals surface area contributed by atoms with Gasteiger partial charge in [-0.3, -0.25) is 14.4 Å². The largest absolute Gasteiger partial charge is 0.450 e. The summed E-state index contributed by atoms with van der Waals surface area (Å²) >= 11 is 0. The van der Waals surface area contributed by atoms with E-state index in [0.29, 0.717) is 73.8 Å². The van der Waals surface area contributed by atoms with E-state index in [1.165, 1.54) is 38.5 Å². The molecule has 4 aliphatic heterocycles. The van der Waals surface area contributed by atoms with Gasteiger partial charge in [0.15, 0.2) is 0 Å². The Kier molecular flexibility index (Phi) is 18.0. The molecule has 57 heavy (non-hydrogen) atoms. The number of hydrogen-bond donors (Lipinski definition) is 1. The van der Waals surface area contributed by atoms with Crippen LogP contribution in [0.15, 0.2) is 0 Å². The molecule has 2 saturated carbocycles. The molecule has 0 aromatic heterocycles. The average molecular weight is 803 g/mol. The fourth-order valence-electron chi connectivity index (χ4n) is 11.1. The standard InChI is InChI=1S/C22H39N3O3.C12H24N2O.C10H15NO3/c1-5-20(25(6-2)17(4)26)18-8-11-23(12-9-18)19-14-22(15-19)10-13-24(16-22)21(27)28-7-3;1-4-12(14(5-2)10(3)15)11-6-8-13-9-7-11;1-2-14-9(13)11-4-3-10(7-11)5-8(12)6-10/h18-20H,5-16H2,1-4H3;11-13H,4-9H2,1-3H3;2-7H2,1H3. The zero-order chi connectivity index (χ0) is 41.8. The van der Waals surface area contributed by atoms with Crippen LogP contribution in [0.5, 0.6) is 0 Å². The summed E-state index contributed by atoms with van der Waals surface area (Å²) in [7, 11) is 0. The van der Waals surface area contributed by atoms with Gasteiger partial charge in [-0.1, -0.05) is 13.8 Å². The fourth-order valence-corrected chi connectivity index (χ4v) is 11.1. The van der Waals surface area contributed by atoms with Crippen LogP contribution >= 0.6 is 0 Å². The molecular weight excluding hydrogens is 725 g/mol. The minimum Gasteiger partial charge on any atom is -0.450 e. The molecule has 2 spiro atoms. The van der Waals surface area contributed by atoms with E-state index in [0.717, 1.165) is 84.6 Å². The lowest BCUT2D eigenvalue weighted by Crippen LogP contribution is -2.55. The fraction of sp³-hybridized carbons (Fsp3) is 0.886. The van der Waals surface area contributed by atoms with Gasteiger partial charge in [0.2, 0.25) is 11.8 Å². The molecule has 13 heteroatoms. The van der Waals surface area contributed by atoms with Gasteiger partial charge in [0.25, 0.3) is 0 Å². The second-order valence-electron chi connectivity index (χ2n) is 17.7. The first-order valence-corrected chi connectivity index (χ1v) is 22.6. The van der Waals surface area contributed by atoms with Crippen molar-refractivity contribution < 1.29 is 33.4 Å². The van der Waals surface area contributed by atoms with Crippen LogP contribution in [0, 0.1) is 22.7 Å². The Morgan fingerprint density at radius 1 is 0.684 bits per heavy atom. The second-order valence-corrected chi connectivity index (χ2v) is 17.7. The number of amides is 4. The topological polar surface area (TPSA) is 132 Å². The number of likely N-dealkylation sites (tertiary alicyclic amines) is 3. The number of carbonyl (C=O) groups is 5. The number of Topliss-reactive ketones (excluding diaryl/α,β-unsaturated/α-hetero) is 1. The van der Waals surface area contributed by atoms with E-state index in [2.05, 4.69) is 42.8 Å². The van der Waals surface area contributed by atoms with Crippen molar-refractivity contribution in [2.45, 2.75) is 151 Å². The summed E-state index contributed by atoms with van der Waals surface area (Å²) in [5.74, 6) is 2.09. The maximum absolute atomic E-state index is 12.0. The first-order valence-electron chi connectivity index (χ1n) is 22.6. The summed E-state index contributed by atoms with van der Waals surface area (Å²) in [6.45, 7) is 25.9. The Bertz CT molecular complexity index is 1320. The molecule has 4 heterocycles. The number of nitrogens with zero attached hydrogens (tertiary/aromatic N) is 5. The third-order valence-electron chi connectivity index (χ3n) is 14.1. The van der Waals surface area contributed by atoms with Crippen molar-refractivity contribution in [2.24, 2.45) is 22.7 Å². The summed E-state index contributed by atoms with van der Waals surface area (Å²) in [6.07, 6.45) is 12.4. The molecule has 4 amide bonds. The maximum Gasteiger partial charge on any atom is 0.409 e. The number of carbonyl (C=O) groups excluding carboxylic acids is 5. The molecule has 0 radical (unpaired) electrons. The highest BCUT2D eigenvalue weighted by Gasteiger charge is 2.52. The van der Waals surface area contributed by atoms with Gasteiger partial charge in [-0.05, 0) is 135 Å². The number of ketones is 1. The van der Waals surface area contributed by atoms with Crippen molar-refractivity contribution in [1.29, 1.82) is 0 Å². The number of nitrogens with one attached hydrogen (secondary N) is 1. The Hall–Kier alpha value is -2.93. The number of hydrogen-bond acceptors (Lipinski definition) is 9. The van der Waals surface area contributed by atoms with Gasteiger partial charge < -0.3 is 39.3 Å². The number of rotatable bonds is 11. The van der Waals surface area contributed by atoms with Gasteiger partial charge in [0.05, 0.1) is 13.2 Å². The maximum atomic E-state index is 12.0. The van der Waals surface area contributed by atoms with E-state index in [1.54, 1.807) is 25.7 Å². The molecule has 6 fully saturated rings. The minimum absolute atomic E-state index is 0.115. The summed E-state index contributed by atoms with van der Waals surface area (Å²) in [6, 6.07) is 1.53. The minimum atomic E-state index is -0.233. The monoisotopic (exact) mass is 803 g/mol. The Morgan fingerprint density at radius 2 is 1.12 bits per heavy atom. The zero-order valence-corrected chi connectivity index (χ0v) is 37.0. The van der Waals surface area contributed by atoms with E-state index < -0.39 is 0 Å². The Balaban J connectivity index is 0.000000209. The van der Waals surface area contributed by atoms with Crippen molar-refractivity contribution in [2.75, 3.05) is 78.7 Å². The molecule has 6 rings (SSSR count). The summed E-state index contributed by atoms with van der Waals surface area (Å²) in [4.78, 5) is 68.2. The normalized spacial score (nSPS) is 25.6. The van der Waals surface area contributed by atoms with Crippen LogP contribution in [0.2, 0.25) is 0 Å². The van der Waals surface area contributed by atoms with Crippen molar-refractivity contribution in [1.82, 2.24) is 29.8 Å². The molecule has 0 bridgehead atoms. The highest BCUT2D eigenvalue weighted by Crippen LogP contribution is 2.51. The lowest BCUT2D eigenvalue weighted by Gasteiger charge is -2.52. The third kappa shape index (κ3) is 12.1. The molecule has 326 valence electrons. The van der Waals surface area contributed by atoms with Crippen LogP contribution in [-0.2, 0) is 23.9 Å². The van der Waals surface area contributed by atoms with Crippen molar-refractivity contribution in [3.8, 4) is 0 Å². The van der Waals surface area contributed by atoms with Gasteiger partial charge in [-0.15, -0.1) is 0 Å². The average Bonchev–Trinajstić information content (AvgIpc) is 3.83. The third-order valence-corrected chi connectivity index (χ3v) is 14.1. The predicted molar refractivity (Wildman–Crippen MR) is 223 cm³/mol. The van der Waals surface area contributed by atoms with Gasteiger partial charge in [0, 0.05) is 89.5 Å². The van der Waals surface area contributed by atoms with Crippen LogP contribution in [0.1, 0.15) is 132 Å². The van der Waals surface area contributed by atoms with E-state index in [1.807, 2.05) is 16.7 Å². The quantitative estimate of drug-likeness (QED) is 0.260. The molecule has 2 unspecified atom stereocenters. The molecule has 0 aromatic rings. The molecule has 1 N–H and O–H groups in total. The van der Waals surface area contributed by atoms with E-state index in [9.17, 15) is 24.0 Å². The zero-order valence-electron chi connectivity index (χ0n) is 37.0. The van der Waals surface area contributed by atoms with Crippen molar-refractivity contribution in [3.05, 3.63) is 0 Å². The van der Waals surface area contributed by atoms with E-state index >= 15 is 0 Å². The second kappa shape index (κ2) is 21.9. The smallest absolute Gasteiger partial charge is 0.409 e. The highest BCUT2D eigenvalue weighted by atomic mass is 16.6. The molecule has 6 aliphatic rings. The SMILES string of the molecule is CCC(C1CCNCC1)N(CC)C(C)=O.CCOC(=O)N1CCC2(CC(=O)C2)C1.CCOC(=O)N1CCC2(CC(N3CCC(C(CC)N(CC)C(C)=O)CC3)C2)C1. The molecule has 4 saturated heterocycles.